The number of hydrogen-bond acceptors (Lipinski definition) is 3. The van der Waals surface area contributed by atoms with Crippen molar-refractivity contribution in [3.63, 3.8) is 0 Å². The largest absolute Gasteiger partial charge is 0.380 e. The fraction of sp³-hybridized carbons (Fsp3) is 0.647. The Balaban J connectivity index is 2.64. The molecule has 20 heavy (non-hydrogen) atoms. The van der Waals surface area contributed by atoms with Gasteiger partial charge < -0.3 is 10.1 Å². The Bertz CT molecular complexity index is 338. The summed E-state index contributed by atoms with van der Waals surface area (Å²) in [7, 11) is 0. The van der Waals surface area contributed by atoms with Gasteiger partial charge in [-0.05, 0) is 32.5 Å². The predicted octanol–water partition coefficient (Wildman–Crippen LogP) is 3.08. The molecule has 0 fully saturated rings. The molecule has 3 heteroatoms. The molecule has 0 spiro atoms. The summed E-state index contributed by atoms with van der Waals surface area (Å²) in [4.78, 5) is 2.50. The first-order valence-electron chi connectivity index (χ1n) is 7.82. The Hall–Kier alpha value is -0.900. The van der Waals surface area contributed by atoms with Crippen molar-refractivity contribution < 1.29 is 4.74 Å². The minimum absolute atomic E-state index is 0.386. The third-order valence-electron chi connectivity index (χ3n) is 3.67. The molecule has 0 saturated carbocycles. The summed E-state index contributed by atoms with van der Waals surface area (Å²) in [5.74, 6) is 0. The van der Waals surface area contributed by atoms with E-state index in [4.69, 9.17) is 4.74 Å². The third kappa shape index (κ3) is 5.61. The van der Waals surface area contributed by atoms with Crippen LogP contribution in [0.4, 0.5) is 0 Å². The van der Waals surface area contributed by atoms with Crippen LogP contribution < -0.4 is 5.32 Å². The summed E-state index contributed by atoms with van der Waals surface area (Å²) in [6, 6.07) is 11.6. The fourth-order valence-corrected chi connectivity index (χ4v) is 2.46. The molecule has 1 rings (SSSR count). The van der Waals surface area contributed by atoms with E-state index in [-0.39, 0.29) is 0 Å². The number of nitrogens with one attached hydrogen (secondary N) is 1. The molecule has 1 N–H and O–H groups in total. The molecule has 0 aliphatic carbocycles. The molecular formula is C17H30N2O. The molecule has 0 aromatic heterocycles. The average molecular weight is 278 g/mol. The van der Waals surface area contributed by atoms with E-state index in [1.807, 2.05) is 6.92 Å². The van der Waals surface area contributed by atoms with Crippen molar-refractivity contribution in [1.82, 2.24) is 10.2 Å². The highest BCUT2D eigenvalue weighted by molar-refractivity contribution is 5.19. The molecule has 2 unspecified atom stereocenters. The SMILES string of the molecule is CCOCC(C)NCC(c1ccccc1)N(CC)CC. The number of rotatable bonds is 10. The van der Waals surface area contributed by atoms with Crippen molar-refractivity contribution in [2.75, 3.05) is 32.8 Å². The maximum absolute atomic E-state index is 5.47. The predicted molar refractivity (Wildman–Crippen MR) is 86.1 cm³/mol. The highest BCUT2D eigenvalue weighted by Crippen LogP contribution is 2.19. The molecule has 0 amide bonds. The molecule has 114 valence electrons. The van der Waals surface area contributed by atoms with E-state index < -0.39 is 0 Å². The molecule has 2 atom stereocenters. The highest BCUT2D eigenvalue weighted by Gasteiger charge is 2.18. The molecule has 1 aromatic carbocycles. The van der Waals surface area contributed by atoms with E-state index >= 15 is 0 Å². The van der Waals surface area contributed by atoms with Gasteiger partial charge in [-0.25, -0.2) is 0 Å². The lowest BCUT2D eigenvalue weighted by molar-refractivity contribution is 0.122. The second kappa shape index (κ2) is 9.92. The molecule has 0 radical (unpaired) electrons. The van der Waals surface area contributed by atoms with E-state index in [0.717, 1.165) is 32.8 Å². The molecule has 3 nitrogen and oxygen atoms in total. The minimum atomic E-state index is 0.386. The van der Waals surface area contributed by atoms with Crippen LogP contribution in [0.5, 0.6) is 0 Å². The standard InChI is InChI=1S/C17H30N2O/c1-5-19(6-2)17(16-11-9-8-10-12-16)13-18-15(4)14-20-7-3/h8-12,15,17-18H,5-7,13-14H2,1-4H3. The maximum Gasteiger partial charge on any atom is 0.0616 e. The van der Waals surface area contributed by atoms with Gasteiger partial charge in [0, 0.05) is 25.2 Å². The monoisotopic (exact) mass is 278 g/mol. The Morgan fingerprint density at radius 2 is 1.75 bits per heavy atom. The van der Waals surface area contributed by atoms with Gasteiger partial charge in [-0.1, -0.05) is 44.2 Å². The van der Waals surface area contributed by atoms with Crippen LogP contribution in [0.25, 0.3) is 0 Å². The second-order valence-electron chi connectivity index (χ2n) is 5.12. The summed E-state index contributed by atoms with van der Waals surface area (Å²) >= 11 is 0. The number of ether oxygens (including phenoxy) is 1. The molecule has 0 bridgehead atoms. The molecule has 1 aromatic rings. The van der Waals surface area contributed by atoms with Crippen molar-refractivity contribution in [1.29, 1.82) is 0 Å². The van der Waals surface area contributed by atoms with Gasteiger partial charge in [-0.3, -0.25) is 4.90 Å². The van der Waals surface area contributed by atoms with Gasteiger partial charge in [0.05, 0.1) is 6.61 Å². The van der Waals surface area contributed by atoms with Crippen LogP contribution in [0.15, 0.2) is 30.3 Å². The van der Waals surface area contributed by atoms with Gasteiger partial charge in [-0.15, -0.1) is 0 Å². The van der Waals surface area contributed by atoms with Crippen LogP contribution in [-0.4, -0.2) is 43.8 Å². The van der Waals surface area contributed by atoms with Crippen LogP contribution in [-0.2, 0) is 4.74 Å². The molecule has 0 aliphatic heterocycles. The lowest BCUT2D eigenvalue weighted by atomic mass is 10.0. The second-order valence-corrected chi connectivity index (χ2v) is 5.12. The Kier molecular flexibility index (Phi) is 8.51. The van der Waals surface area contributed by atoms with E-state index in [1.165, 1.54) is 5.56 Å². The van der Waals surface area contributed by atoms with Gasteiger partial charge in [0.15, 0.2) is 0 Å². The van der Waals surface area contributed by atoms with Crippen LogP contribution in [0.1, 0.15) is 39.3 Å². The van der Waals surface area contributed by atoms with Crippen molar-refractivity contribution in [2.24, 2.45) is 0 Å². The number of benzene rings is 1. The number of hydrogen-bond donors (Lipinski definition) is 1. The molecule has 0 heterocycles. The van der Waals surface area contributed by atoms with Crippen molar-refractivity contribution in [2.45, 2.75) is 39.8 Å². The van der Waals surface area contributed by atoms with Gasteiger partial charge >= 0.3 is 0 Å². The molecular weight excluding hydrogens is 248 g/mol. The first kappa shape index (κ1) is 17.2. The van der Waals surface area contributed by atoms with Crippen molar-refractivity contribution >= 4 is 0 Å². The van der Waals surface area contributed by atoms with E-state index in [1.54, 1.807) is 0 Å². The molecule has 0 aliphatic rings. The zero-order chi connectivity index (χ0) is 14.8. The first-order chi connectivity index (χ1) is 9.72. The fourth-order valence-electron chi connectivity index (χ4n) is 2.46. The van der Waals surface area contributed by atoms with Gasteiger partial charge in [0.2, 0.25) is 0 Å². The van der Waals surface area contributed by atoms with E-state index in [2.05, 4.69) is 61.3 Å². The zero-order valence-electron chi connectivity index (χ0n) is 13.4. The maximum atomic E-state index is 5.47. The first-order valence-corrected chi connectivity index (χ1v) is 7.82. The van der Waals surface area contributed by atoms with Crippen LogP contribution in [0.2, 0.25) is 0 Å². The highest BCUT2D eigenvalue weighted by atomic mass is 16.5. The lowest BCUT2D eigenvalue weighted by Gasteiger charge is -2.31. The van der Waals surface area contributed by atoms with Gasteiger partial charge in [-0.2, -0.15) is 0 Å². The van der Waals surface area contributed by atoms with E-state index in [9.17, 15) is 0 Å². The summed E-state index contributed by atoms with van der Waals surface area (Å²) in [5, 5.41) is 3.60. The smallest absolute Gasteiger partial charge is 0.0616 e. The summed E-state index contributed by atoms with van der Waals surface area (Å²) in [6.07, 6.45) is 0. The quantitative estimate of drug-likeness (QED) is 0.712. The van der Waals surface area contributed by atoms with Crippen molar-refractivity contribution in [3.8, 4) is 0 Å². The number of nitrogens with zero attached hydrogens (tertiary/aromatic N) is 1. The topological polar surface area (TPSA) is 24.5 Å². The summed E-state index contributed by atoms with van der Waals surface area (Å²) in [5.41, 5.74) is 1.38. The van der Waals surface area contributed by atoms with Crippen LogP contribution in [0.3, 0.4) is 0 Å². The minimum Gasteiger partial charge on any atom is -0.380 e. The normalized spacial score (nSPS) is 14.4. The third-order valence-corrected chi connectivity index (χ3v) is 3.67. The van der Waals surface area contributed by atoms with Gasteiger partial charge in [0.25, 0.3) is 0 Å². The van der Waals surface area contributed by atoms with Crippen LogP contribution >= 0.6 is 0 Å². The summed E-state index contributed by atoms with van der Waals surface area (Å²) < 4.78 is 5.47. The van der Waals surface area contributed by atoms with Gasteiger partial charge in [0.1, 0.15) is 0 Å². The molecule has 0 saturated heterocycles. The average Bonchev–Trinajstić information content (AvgIpc) is 2.50. The number of likely N-dealkylation sites (N-methyl/N-ethyl adjacent to an activating group) is 1. The van der Waals surface area contributed by atoms with E-state index in [0.29, 0.717) is 12.1 Å². The van der Waals surface area contributed by atoms with Crippen LogP contribution in [0, 0.1) is 0 Å². The Labute approximate surface area is 124 Å². The van der Waals surface area contributed by atoms with Crippen molar-refractivity contribution in [3.05, 3.63) is 35.9 Å². The zero-order valence-corrected chi connectivity index (χ0v) is 13.4. The Morgan fingerprint density at radius 3 is 2.30 bits per heavy atom. The lowest BCUT2D eigenvalue weighted by Crippen LogP contribution is -2.40. The summed E-state index contributed by atoms with van der Waals surface area (Å²) in [6.45, 7) is 13.3. The Morgan fingerprint density at radius 1 is 1.10 bits per heavy atom.